The van der Waals surface area contributed by atoms with Gasteiger partial charge in [-0.2, -0.15) is 0 Å². The summed E-state index contributed by atoms with van der Waals surface area (Å²) in [6.07, 6.45) is 2.11. The van der Waals surface area contributed by atoms with Crippen molar-refractivity contribution in [3.05, 3.63) is 84.1 Å². The number of furan rings is 1. The van der Waals surface area contributed by atoms with Crippen molar-refractivity contribution in [1.82, 2.24) is 10.1 Å². The molecule has 1 aliphatic rings. The molecule has 2 aromatic heterocycles. The quantitative estimate of drug-likeness (QED) is 0.349. The lowest BCUT2D eigenvalue weighted by Crippen LogP contribution is -2.24. The van der Waals surface area contributed by atoms with E-state index in [1.165, 1.54) is 0 Å². The number of fused-ring (bicyclic) bond motifs is 3. The zero-order chi connectivity index (χ0) is 22.4. The predicted octanol–water partition coefficient (Wildman–Crippen LogP) is 5.77. The Labute approximate surface area is 190 Å². The number of methoxy groups -OCH3 is 1. The number of likely N-dealkylation sites (tertiary alicyclic amines) is 1. The Hall–Kier alpha value is -4.06. The summed E-state index contributed by atoms with van der Waals surface area (Å²) in [4.78, 5) is 14.9. The molecule has 1 unspecified atom stereocenters. The van der Waals surface area contributed by atoms with Crippen molar-refractivity contribution in [3.63, 3.8) is 0 Å². The summed E-state index contributed by atoms with van der Waals surface area (Å²) >= 11 is 0. The Balaban J connectivity index is 1.29. The molecule has 1 fully saturated rings. The van der Waals surface area contributed by atoms with Gasteiger partial charge < -0.3 is 18.6 Å². The molecule has 0 bridgehead atoms. The van der Waals surface area contributed by atoms with Crippen LogP contribution in [0.25, 0.3) is 33.3 Å². The molecule has 1 atom stereocenters. The minimum Gasteiger partial charge on any atom is -0.493 e. The number of rotatable bonds is 5. The van der Waals surface area contributed by atoms with Crippen LogP contribution in [0.5, 0.6) is 5.75 Å². The minimum atomic E-state index is 0.0976. The highest BCUT2D eigenvalue weighted by Gasteiger charge is 2.33. The number of amides is 1. The molecule has 0 radical (unpaired) electrons. The summed E-state index contributed by atoms with van der Waals surface area (Å²) in [6, 6.07) is 21.9. The van der Waals surface area contributed by atoms with E-state index in [-0.39, 0.29) is 11.8 Å². The lowest BCUT2D eigenvalue weighted by Gasteiger charge is -2.18. The molecule has 33 heavy (non-hydrogen) atoms. The third kappa shape index (κ3) is 3.35. The van der Waals surface area contributed by atoms with Crippen molar-refractivity contribution < 1.29 is 18.5 Å². The third-order valence-corrected chi connectivity index (χ3v) is 6.45. The van der Waals surface area contributed by atoms with Gasteiger partial charge in [0, 0.05) is 47.8 Å². The number of carbonyl (C=O) groups is 1. The van der Waals surface area contributed by atoms with Gasteiger partial charge in [-0.15, -0.1) is 0 Å². The molecule has 6 heteroatoms. The molecule has 0 spiro atoms. The van der Waals surface area contributed by atoms with Crippen molar-refractivity contribution in [1.29, 1.82) is 0 Å². The lowest BCUT2D eigenvalue weighted by atomic mass is 9.93. The smallest absolute Gasteiger partial charge is 0.223 e. The second-order valence-electron chi connectivity index (χ2n) is 8.41. The van der Waals surface area contributed by atoms with Gasteiger partial charge in [-0.1, -0.05) is 53.7 Å². The average molecular weight is 438 g/mol. The van der Waals surface area contributed by atoms with Crippen LogP contribution >= 0.6 is 0 Å². The zero-order valence-corrected chi connectivity index (χ0v) is 18.2. The number of aromatic nitrogens is 1. The van der Waals surface area contributed by atoms with Crippen LogP contribution in [-0.2, 0) is 11.3 Å². The van der Waals surface area contributed by atoms with E-state index >= 15 is 0 Å². The maximum atomic E-state index is 12.9. The van der Waals surface area contributed by atoms with E-state index in [0.717, 1.165) is 44.4 Å². The molecule has 6 nitrogen and oxygen atoms in total. The van der Waals surface area contributed by atoms with Gasteiger partial charge >= 0.3 is 0 Å². The summed E-state index contributed by atoms with van der Waals surface area (Å²) in [6.45, 7) is 1.25. The van der Waals surface area contributed by atoms with Crippen LogP contribution in [-0.4, -0.2) is 29.6 Å². The van der Waals surface area contributed by atoms with E-state index < -0.39 is 0 Å². The number of nitrogens with zero attached hydrogens (tertiary/aromatic N) is 2. The van der Waals surface area contributed by atoms with Crippen molar-refractivity contribution in [3.8, 4) is 17.1 Å². The molecule has 3 aromatic carbocycles. The molecule has 1 aliphatic heterocycles. The number of ether oxygens (including phenoxy) is 1. The fourth-order valence-electron chi connectivity index (χ4n) is 4.82. The number of carbonyl (C=O) groups excluding carboxylic acids is 1. The monoisotopic (exact) mass is 438 g/mol. The molecule has 0 saturated carbocycles. The molecule has 0 aliphatic carbocycles. The fourth-order valence-corrected chi connectivity index (χ4v) is 4.82. The summed E-state index contributed by atoms with van der Waals surface area (Å²) in [5.74, 6) is 1.70. The summed E-state index contributed by atoms with van der Waals surface area (Å²) in [7, 11) is 1.65. The Morgan fingerprint density at radius 3 is 2.70 bits per heavy atom. The minimum absolute atomic E-state index is 0.0976. The SMILES string of the molecule is COc1ccc(C2CC(=O)N(Cc3ccc(-c4ccno4)cc3)C2)c2c1oc1ccccc12. The van der Waals surface area contributed by atoms with Gasteiger partial charge in [0.15, 0.2) is 17.1 Å². The van der Waals surface area contributed by atoms with E-state index in [0.29, 0.717) is 25.3 Å². The van der Waals surface area contributed by atoms with E-state index in [1.807, 2.05) is 59.5 Å². The van der Waals surface area contributed by atoms with Gasteiger partial charge in [-0.05, 0) is 23.3 Å². The normalized spacial score (nSPS) is 16.2. The van der Waals surface area contributed by atoms with Gasteiger partial charge in [-0.3, -0.25) is 4.79 Å². The maximum absolute atomic E-state index is 12.9. The molecule has 0 N–H and O–H groups in total. The number of para-hydroxylation sites is 1. The summed E-state index contributed by atoms with van der Waals surface area (Å²) in [5, 5.41) is 5.85. The summed E-state index contributed by atoms with van der Waals surface area (Å²) in [5.41, 5.74) is 4.75. The van der Waals surface area contributed by atoms with Crippen molar-refractivity contribution >= 4 is 27.8 Å². The van der Waals surface area contributed by atoms with Gasteiger partial charge in [0.2, 0.25) is 5.91 Å². The van der Waals surface area contributed by atoms with Crippen LogP contribution in [0.2, 0.25) is 0 Å². The number of benzene rings is 3. The molecule has 1 saturated heterocycles. The van der Waals surface area contributed by atoms with Crippen LogP contribution < -0.4 is 4.74 Å². The largest absolute Gasteiger partial charge is 0.493 e. The highest BCUT2D eigenvalue weighted by molar-refractivity contribution is 6.09. The van der Waals surface area contributed by atoms with Crippen LogP contribution in [0, 0.1) is 0 Å². The highest BCUT2D eigenvalue weighted by atomic mass is 16.5. The fraction of sp³-hybridized carbons (Fsp3) is 0.185. The molecular weight excluding hydrogens is 416 g/mol. The van der Waals surface area contributed by atoms with Gasteiger partial charge in [0.1, 0.15) is 5.58 Å². The second-order valence-corrected chi connectivity index (χ2v) is 8.41. The topological polar surface area (TPSA) is 68.7 Å². The maximum Gasteiger partial charge on any atom is 0.223 e. The van der Waals surface area contributed by atoms with E-state index in [9.17, 15) is 4.79 Å². The van der Waals surface area contributed by atoms with Gasteiger partial charge in [-0.25, -0.2) is 0 Å². The summed E-state index contributed by atoms with van der Waals surface area (Å²) < 4.78 is 16.9. The third-order valence-electron chi connectivity index (χ3n) is 6.45. The van der Waals surface area contributed by atoms with E-state index in [1.54, 1.807) is 13.3 Å². The van der Waals surface area contributed by atoms with E-state index in [2.05, 4.69) is 17.3 Å². The molecule has 5 aromatic rings. The van der Waals surface area contributed by atoms with Crippen LogP contribution in [0.3, 0.4) is 0 Å². The second kappa shape index (κ2) is 7.81. The average Bonchev–Trinajstić information content (AvgIpc) is 3.58. The molecule has 6 rings (SSSR count). The van der Waals surface area contributed by atoms with Gasteiger partial charge in [0.05, 0.1) is 13.3 Å². The molecule has 3 heterocycles. The molecule has 164 valence electrons. The predicted molar refractivity (Wildman–Crippen MR) is 125 cm³/mol. The Kier molecular flexibility index (Phi) is 4.64. The molecular formula is C27H22N2O4. The Bertz CT molecular complexity index is 1450. The molecule has 1 amide bonds. The van der Waals surface area contributed by atoms with Crippen LogP contribution in [0.4, 0.5) is 0 Å². The first-order chi connectivity index (χ1) is 16.2. The Morgan fingerprint density at radius 2 is 1.91 bits per heavy atom. The first kappa shape index (κ1) is 19.6. The van der Waals surface area contributed by atoms with E-state index in [4.69, 9.17) is 13.7 Å². The van der Waals surface area contributed by atoms with Crippen molar-refractivity contribution in [2.24, 2.45) is 0 Å². The number of hydrogen-bond donors (Lipinski definition) is 0. The first-order valence-corrected chi connectivity index (χ1v) is 11.0. The van der Waals surface area contributed by atoms with Crippen LogP contribution in [0.15, 0.2) is 81.9 Å². The van der Waals surface area contributed by atoms with Crippen LogP contribution in [0.1, 0.15) is 23.5 Å². The standard InChI is InChI=1S/C27H22N2O4/c1-31-24-11-10-20(26-21-4-2-3-5-23(21)32-27(24)26)19-14-25(30)29(16-19)15-17-6-8-18(9-7-17)22-12-13-28-33-22/h2-13,19H,14-16H2,1H3. The zero-order valence-electron chi connectivity index (χ0n) is 18.2. The number of hydrogen-bond acceptors (Lipinski definition) is 5. The first-order valence-electron chi connectivity index (χ1n) is 11.0. The van der Waals surface area contributed by atoms with Crippen molar-refractivity contribution in [2.45, 2.75) is 18.9 Å². The highest BCUT2D eigenvalue weighted by Crippen LogP contribution is 2.42. The lowest BCUT2D eigenvalue weighted by molar-refractivity contribution is -0.128. The van der Waals surface area contributed by atoms with Gasteiger partial charge in [0.25, 0.3) is 0 Å². The van der Waals surface area contributed by atoms with Crippen molar-refractivity contribution in [2.75, 3.05) is 13.7 Å². The Morgan fingerprint density at radius 1 is 1.06 bits per heavy atom.